The highest BCUT2D eigenvalue weighted by Crippen LogP contribution is 2.61. The van der Waals surface area contributed by atoms with Crippen molar-refractivity contribution in [2.75, 3.05) is 12.0 Å². The van der Waals surface area contributed by atoms with Crippen LogP contribution in [0.15, 0.2) is 97.1 Å². The third kappa shape index (κ3) is 3.35. The molecule has 0 amide bonds. The van der Waals surface area contributed by atoms with Gasteiger partial charge < -0.3 is 9.64 Å². The maximum atomic E-state index is 15.8. The average Bonchev–Trinajstić information content (AvgIpc) is 3.43. The molecule has 7 rings (SSSR count). The monoisotopic (exact) mass is 547 g/mol. The minimum absolute atomic E-state index is 0.0923. The Balaban J connectivity index is 1.56. The van der Waals surface area contributed by atoms with Gasteiger partial charge in [0.15, 0.2) is 17.3 Å². The van der Waals surface area contributed by atoms with Crippen molar-refractivity contribution in [3.8, 4) is 5.75 Å². The number of nitrogens with zero attached hydrogens (tertiary/aromatic N) is 1. The van der Waals surface area contributed by atoms with E-state index >= 15 is 4.39 Å². The Bertz CT molecular complexity index is 1780. The number of hydrogen-bond donors (Lipinski definition) is 0. The highest BCUT2D eigenvalue weighted by Gasteiger charge is 2.71. The van der Waals surface area contributed by atoms with E-state index in [0.29, 0.717) is 17.0 Å². The molecule has 202 valence electrons. The van der Waals surface area contributed by atoms with Gasteiger partial charge in [-0.2, -0.15) is 0 Å². The van der Waals surface area contributed by atoms with E-state index in [1.165, 1.54) is 37.4 Å². The molecular formula is C34H23F2NO4. The molecule has 41 heavy (non-hydrogen) atoms. The number of hydrogen-bond acceptors (Lipinski definition) is 5. The summed E-state index contributed by atoms with van der Waals surface area (Å²) in [6.07, 6.45) is 3.35. The number of ether oxygens (including phenoxy) is 1. The second kappa shape index (κ2) is 9.06. The first-order valence-electron chi connectivity index (χ1n) is 13.3. The summed E-state index contributed by atoms with van der Waals surface area (Å²) < 4.78 is 35.5. The predicted molar refractivity (Wildman–Crippen MR) is 149 cm³/mol. The number of ketones is 3. The summed E-state index contributed by atoms with van der Waals surface area (Å²) in [5, 5.41) is 0. The first-order chi connectivity index (χ1) is 19.9. The molecule has 0 radical (unpaired) electrons. The van der Waals surface area contributed by atoms with Gasteiger partial charge in [-0.05, 0) is 42.0 Å². The topological polar surface area (TPSA) is 63.7 Å². The summed E-state index contributed by atoms with van der Waals surface area (Å²) in [4.78, 5) is 45.5. The quantitative estimate of drug-likeness (QED) is 0.222. The molecule has 1 spiro atoms. The van der Waals surface area contributed by atoms with E-state index in [4.69, 9.17) is 4.74 Å². The van der Waals surface area contributed by atoms with Crippen LogP contribution in [-0.4, -0.2) is 36.5 Å². The lowest BCUT2D eigenvalue weighted by molar-refractivity contribution is 0.0664. The van der Waals surface area contributed by atoms with E-state index in [1.54, 1.807) is 77.7 Å². The largest absolute Gasteiger partial charge is 0.497 e. The molecule has 3 atom stereocenters. The van der Waals surface area contributed by atoms with Crippen LogP contribution in [0.5, 0.6) is 5.75 Å². The second-order valence-corrected chi connectivity index (χ2v) is 10.5. The number of carbonyl (C=O) groups excluding carboxylic acids is 3. The molecule has 2 heterocycles. The Labute approximate surface area is 234 Å². The molecule has 5 nitrogen and oxygen atoms in total. The Kier molecular flexibility index (Phi) is 5.54. The molecule has 0 bridgehead atoms. The Morgan fingerprint density at radius 1 is 0.854 bits per heavy atom. The van der Waals surface area contributed by atoms with Gasteiger partial charge >= 0.3 is 0 Å². The molecule has 0 saturated carbocycles. The molecule has 3 unspecified atom stereocenters. The zero-order valence-corrected chi connectivity index (χ0v) is 21.9. The van der Waals surface area contributed by atoms with Crippen LogP contribution >= 0.6 is 0 Å². The normalized spacial score (nSPS) is 21.5. The predicted octanol–water partition coefficient (Wildman–Crippen LogP) is 6.29. The minimum Gasteiger partial charge on any atom is -0.497 e. The summed E-state index contributed by atoms with van der Waals surface area (Å²) in [6, 6.07) is 21.1. The third-order valence-corrected chi connectivity index (χ3v) is 8.63. The van der Waals surface area contributed by atoms with Gasteiger partial charge in [-0.25, -0.2) is 8.78 Å². The number of carbonyl (C=O) groups is 3. The average molecular weight is 548 g/mol. The van der Waals surface area contributed by atoms with E-state index in [0.717, 1.165) is 0 Å². The third-order valence-electron chi connectivity index (χ3n) is 8.63. The van der Waals surface area contributed by atoms with Crippen molar-refractivity contribution in [2.45, 2.75) is 18.0 Å². The fraction of sp³-hybridized carbons (Fsp3) is 0.147. The molecule has 1 saturated heterocycles. The van der Waals surface area contributed by atoms with Gasteiger partial charge in [-0.1, -0.05) is 66.7 Å². The highest BCUT2D eigenvalue weighted by molar-refractivity contribution is 6.32. The van der Waals surface area contributed by atoms with Crippen molar-refractivity contribution in [2.24, 2.45) is 5.41 Å². The number of benzene rings is 4. The number of fused-ring (bicyclic) bond motifs is 5. The maximum Gasteiger partial charge on any atom is 0.186 e. The van der Waals surface area contributed by atoms with E-state index in [-0.39, 0.29) is 22.3 Å². The van der Waals surface area contributed by atoms with Crippen molar-refractivity contribution >= 4 is 29.1 Å². The molecule has 1 fully saturated rings. The molecule has 0 N–H and O–H groups in total. The van der Waals surface area contributed by atoms with Gasteiger partial charge in [0.25, 0.3) is 0 Å². The van der Waals surface area contributed by atoms with Crippen LogP contribution in [0.4, 0.5) is 14.5 Å². The van der Waals surface area contributed by atoms with Crippen molar-refractivity contribution in [1.29, 1.82) is 0 Å². The Hall–Kier alpha value is -4.91. The van der Waals surface area contributed by atoms with E-state index in [9.17, 15) is 18.8 Å². The SMILES string of the molecule is COc1cccc(C(=O)C2C(c3ccccc3F)C3(C(=O)c4ccccc4C3=O)C3C=Cc4cc(F)ccc4N23)c1. The van der Waals surface area contributed by atoms with Crippen molar-refractivity contribution in [1.82, 2.24) is 0 Å². The molecule has 7 heteroatoms. The number of halogens is 2. The minimum atomic E-state index is -1.84. The lowest BCUT2D eigenvalue weighted by Gasteiger charge is -2.37. The summed E-state index contributed by atoms with van der Waals surface area (Å²) in [5.74, 6) is -3.18. The van der Waals surface area contributed by atoms with Crippen LogP contribution in [-0.2, 0) is 0 Å². The van der Waals surface area contributed by atoms with Gasteiger partial charge in [0, 0.05) is 33.9 Å². The van der Waals surface area contributed by atoms with Gasteiger partial charge in [-0.15, -0.1) is 0 Å². The van der Waals surface area contributed by atoms with Crippen molar-refractivity contribution in [3.05, 3.63) is 137 Å². The Morgan fingerprint density at radius 2 is 1.56 bits per heavy atom. The zero-order chi connectivity index (χ0) is 28.5. The van der Waals surface area contributed by atoms with Crippen molar-refractivity contribution in [3.63, 3.8) is 0 Å². The molecule has 2 aliphatic heterocycles. The van der Waals surface area contributed by atoms with Crippen LogP contribution < -0.4 is 9.64 Å². The second-order valence-electron chi connectivity index (χ2n) is 10.5. The molecule has 3 aliphatic rings. The lowest BCUT2D eigenvalue weighted by atomic mass is 9.64. The van der Waals surface area contributed by atoms with E-state index in [2.05, 4.69) is 0 Å². The summed E-state index contributed by atoms with van der Waals surface area (Å²) >= 11 is 0. The summed E-state index contributed by atoms with van der Waals surface area (Å²) in [7, 11) is 1.49. The van der Waals surface area contributed by atoms with E-state index < -0.39 is 52.4 Å². The summed E-state index contributed by atoms with van der Waals surface area (Å²) in [6.45, 7) is 0. The standard InChI is InChI=1S/C34H23F2NO4/c1-41-22-8-6-7-20(18-22)31(38)30-29(25-11-4-5-12-26(25)36)34(32(39)23-9-2-3-10-24(23)33(34)40)28-16-13-19-17-21(35)14-15-27(19)37(28)30/h2-18,28-30H,1H3. The fourth-order valence-electron chi connectivity index (χ4n) is 6.97. The number of methoxy groups -OCH3 is 1. The van der Waals surface area contributed by atoms with Gasteiger partial charge in [0.05, 0.1) is 13.2 Å². The van der Waals surface area contributed by atoms with Gasteiger partial charge in [0.2, 0.25) is 0 Å². The molecular weight excluding hydrogens is 524 g/mol. The van der Waals surface area contributed by atoms with Crippen LogP contribution in [0.3, 0.4) is 0 Å². The number of Topliss-reactive ketones (excluding diaryl/α,β-unsaturated/α-hetero) is 3. The molecule has 0 aromatic heterocycles. The van der Waals surface area contributed by atoms with E-state index in [1.807, 2.05) is 0 Å². The molecule has 4 aromatic rings. The number of rotatable bonds is 4. The van der Waals surface area contributed by atoms with Crippen LogP contribution in [0.1, 0.15) is 48.1 Å². The molecule has 1 aliphatic carbocycles. The first-order valence-corrected chi connectivity index (χ1v) is 13.3. The van der Waals surface area contributed by atoms with Crippen LogP contribution in [0, 0.1) is 17.0 Å². The lowest BCUT2D eigenvalue weighted by Crippen LogP contribution is -2.48. The zero-order valence-electron chi connectivity index (χ0n) is 21.9. The highest BCUT2D eigenvalue weighted by atomic mass is 19.1. The van der Waals surface area contributed by atoms with Gasteiger partial charge in [0.1, 0.15) is 28.8 Å². The number of anilines is 1. The molecule has 4 aromatic carbocycles. The smallest absolute Gasteiger partial charge is 0.186 e. The summed E-state index contributed by atoms with van der Waals surface area (Å²) in [5.41, 5.74) is -0.0134. The first kappa shape index (κ1) is 25.1. The van der Waals surface area contributed by atoms with Crippen LogP contribution in [0.2, 0.25) is 0 Å². The van der Waals surface area contributed by atoms with Crippen LogP contribution in [0.25, 0.3) is 6.08 Å². The fourth-order valence-corrected chi connectivity index (χ4v) is 6.97. The van der Waals surface area contributed by atoms with Gasteiger partial charge in [-0.3, -0.25) is 14.4 Å². The Morgan fingerprint density at radius 3 is 2.27 bits per heavy atom. The maximum absolute atomic E-state index is 15.8. The van der Waals surface area contributed by atoms with Crippen molar-refractivity contribution < 1.29 is 27.9 Å².